The van der Waals surface area contributed by atoms with Gasteiger partial charge in [0.2, 0.25) is 5.91 Å². The molecule has 1 fully saturated rings. The summed E-state index contributed by atoms with van der Waals surface area (Å²) in [6.45, 7) is 5.52. The number of aryl methyl sites for hydroxylation is 1. The minimum atomic E-state index is 0.0660. The second-order valence-corrected chi connectivity index (χ2v) is 8.36. The molecule has 0 radical (unpaired) electrons. The standard InChI is InChI=1S/C20H30N4O3S/c1-14-7-4-5-8-17(14)21-18(25)13-28-20-23-22-19(16-9-12-27-15(16)2)24(20)10-6-11-26-3/h9,12,14,17H,4-8,10-11,13H2,1-3H3,(H,21,25)/t14-,17-/m1/s1. The molecule has 3 rings (SSSR count). The molecule has 28 heavy (non-hydrogen) atoms. The van der Waals surface area contributed by atoms with Crippen molar-refractivity contribution in [3.63, 3.8) is 0 Å². The Hall–Kier alpha value is -1.80. The summed E-state index contributed by atoms with van der Waals surface area (Å²) in [5.74, 6) is 2.54. The van der Waals surface area contributed by atoms with Crippen molar-refractivity contribution in [2.75, 3.05) is 19.5 Å². The van der Waals surface area contributed by atoms with Gasteiger partial charge >= 0.3 is 0 Å². The Bertz CT molecular complexity index is 773. The molecule has 2 aromatic rings. The van der Waals surface area contributed by atoms with E-state index < -0.39 is 0 Å². The second-order valence-electron chi connectivity index (χ2n) is 7.42. The molecule has 8 heteroatoms. The largest absolute Gasteiger partial charge is 0.469 e. The van der Waals surface area contributed by atoms with Crippen LogP contribution in [0, 0.1) is 12.8 Å². The number of carbonyl (C=O) groups excluding carboxylic acids is 1. The van der Waals surface area contributed by atoms with E-state index in [0.717, 1.165) is 41.7 Å². The van der Waals surface area contributed by atoms with Gasteiger partial charge in [-0.2, -0.15) is 0 Å². The van der Waals surface area contributed by atoms with Gasteiger partial charge in [0.25, 0.3) is 0 Å². The Morgan fingerprint density at radius 1 is 1.39 bits per heavy atom. The van der Waals surface area contributed by atoms with Gasteiger partial charge in [0.05, 0.1) is 17.6 Å². The number of nitrogens with zero attached hydrogens (tertiary/aromatic N) is 3. The van der Waals surface area contributed by atoms with Crippen molar-refractivity contribution in [1.82, 2.24) is 20.1 Å². The van der Waals surface area contributed by atoms with Gasteiger partial charge in [0.15, 0.2) is 11.0 Å². The fourth-order valence-corrected chi connectivity index (χ4v) is 4.47. The van der Waals surface area contributed by atoms with Crippen LogP contribution in [0.15, 0.2) is 21.9 Å². The maximum absolute atomic E-state index is 12.5. The van der Waals surface area contributed by atoms with E-state index in [2.05, 4.69) is 27.0 Å². The van der Waals surface area contributed by atoms with Crippen LogP contribution >= 0.6 is 11.8 Å². The van der Waals surface area contributed by atoms with Crippen LogP contribution in [-0.4, -0.2) is 46.2 Å². The summed E-state index contributed by atoms with van der Waals surface area (Å²) in [7, 11) is 1.69. The van der Waals surface area contributed by atoms with Crippen molar-refractivity contribution in [2.45, 2.75) is 63.7 Å². The van der Waals surface area contributed by atoms with E-state index in [1.165, 1.54) is 31.0 Å². The van der Waals surface area contributed by atoms with Gasteiger partial charge in [0.1, 0.15) is 5.76 Å². The van der Waals surface area contributed by atoms with E-state index in [4.69, 9.17) is 9.15 Å². The molecule has 154 valence electrons. The Morgan fingerprint density at radius 3 is 2.93 bits per heavy atom. The summed E-state index contributed by atoms with van der Waals surface area (Å²) < 4.78 is 12.7. The van der Waals surface area contributed by atoms with E-state index in [9.17, 15) is 4.79 Å². The number of thioether (sulfide) groups is 1. The molecule has 7 nitrogen and oxygen atoms in total. The topological polar surface area (TPSA) is 82.2 Å². The fourth-order valence-electron chi connectivity index (χ4n) is 3.69. The van der Waals surface area contributed by atoms with E-state index in [0.29, 0.717) is 24.3 Å². The zero-order valence-corrected chi connectivity index (χ0v) is 17.8. The Morgan fingerprint density at radius 2 is 2.21 bits per heavy atom. The third-order valence-corrected chi connectivity index (χ3v) is 6.30. The van der Waals surface area contributed by atoms with Crippen LogP contribution < -0.4 is 5.32 Å². The van der Waals surface area contributed by atoms with Gasteiger partial charge in [-0.15, -0.1) is 10.2 Å². The number of nitrogens with one attached hydrogen (secondary N) is 1. The first-order valence-electron chi connectivity index (χ1n) is 9.99. The smallest absolute Gasteiger partial charge is 0.230 e. The number of carbonyl (C=O) groups is 1. The average Bonchev–Trinajstić information content (AvgIpc) is 3.28. The lowest BCUT2D eigenvalue weighted by Crippen LogP contribution is -2.41. The zero-order valence-electron chi connectivity index (χ0n) is 16.9. The van der Waals surface area contributed by atoms with Crippen LogP contribution in [-0.2, 0) is 16.1 Å². The Labute approximate surface area is 170 Å². The van der Waals surface area contributed by atoms with Crippen LogP contribution in [0.3, 0.4) is 0 Å². The number of rotatable bonds is 9. The van der Waals surface area contributed by atoms with Crippen LogP contribution in [0.5, 0.6) is 0 Å². The van der Waals surface area contributed by atoms with E-state index in [-0.39, 0.29) is 5.91 Å². The SMILES string of the molecule is COCCCn1c(SCC(=O)N[C@@H]2CCCC[C@H]2C)nnc1-c1ccoc1C. The molecule has 0 bridgehead atoms. The molecule has 0 aromatic carbocycles. The fraction of sp³-hybridized carbons (Fsp3) is 0.650. The maximum Gasteiger partial charge on any atom is 0.230 e. The van der Waals surface area contributed by atoms with Crippen LogP contribution in [0.2, 0.25) is 0 Å². The average molecular weight is 407 g/mol. The molecule has 2 heterocycles. The summed E-state index contributed by atoms with van der Waals surface area (Å²) in [5.41, 5.74) is 0.928. The minimum Gasteiger partial charge on any atom is -0.469 e. The lowest BCUT2D eigenvalue weighted by molar-refractivity contribution is -0.119. The molecule has 1 saturated carbocycles. The normalized spacial score (nSPS) is 19.7. The number of aromatic nitrogens is 3. The number of hydrogen-bond donors (Lipinski definition) is 1. The minimum absolute atomic E-state index is 0.0660. The summed E-state index contributed by atoms with van der Waals surface area (Å²) in [6, 6.07) is 2.20. The van der Waals surface area contributed by atoms with Gasteiger partial charge in [-0.1, -0.05) is 31.5 Å². The van der Waals surface area contributed by atoms with Crippen LogP contribution in [0.4, 0.5) is 0 Å². The molecule has 0 unspecified atom stereocenters. The van der Waals surface area contributed by atoms with Crippen molar-refractivity contribution in [3.8, 4) is 11.4 Å². The van der Waals surface area contributed by atoms with Crippen molar-refractivity contribution >= 4 is 17.7 Å². The molecule has 2 atom stereocenters. The van der Waals surface area contributed by atoms with Gasteiger partial charge in [-0.05, 0) is 38.2 Å². The van der Waals surface area contributed by atoms with Crippen molar-refractivity contribution < 1.29 is 13.9 Å². The third-order valence-electron chi connectivity index (χ3n) is 5.34. The highest BCUT2D eigenvalue weighted by molar-refractivity contribution is 7.99. The monoisotopic (exact) mass is 406 g/mol. The predicted octanol–water partition coefficient (Wildman–Crippen LogP) is 3.67. The van der Waals surface area contributed by atoms with Crippen LogP contribution in [0.25, 0.3) is 11.4 Å². The van der Waals surface area contributed by atoms with Gasteiger partial charge in [-0.3, -0.25) is 4.79 Å². The summed E-state index contributed by atoms with van der Waals surface area (Å²) in [4.78, 5) is 12.5. The van der Waals surface area contributed by atoms with E-state index >= 15 is 0 Å². The highest BCUT2D eigenvalue weighted by Gasteiger charge is 2.23. The molecule has 1 aliphatic rings. The highest BCUT2D eigenvalue weighted by atomic mass is 32.2. The molecule has 0 spiro atoms. The van der Waals surface area contributed by atoms with Gasteiger partial charge < -0.3 is 19.0 Å². The maximum atomic E-state index is 12.5. The first-order valence-corrected chi connectivity index (χ1v) is 11.0. The first-order chi connectivity index (χ1) is 13.6. The Kier molecular flexibility index (Phi) is 7.56. The number of methoxy groups -OCH3 is 1. The van der Waals surface area contributed by atoms with E-state index in [1.807, 2.05) is 13.0 Å². The Balaban J connectivity index is 1.66. The molecule has 1 amide bonds. The zero-order chi connectivity index (χ0) is 19.9. The summed E-state index contributed by atoms with van der Waals surface area (Å²) in [6.07, 6.45) is 7.24. The highest BCUT2D eigenvalue weighted by Crippen LogP contribution is 2.28. The predicted molar refractivity (Wildman–Crippen MR) is 109 cm³/mol. The van der Waals surface area contributed by atoms with Crippen molar-refractivity contribution in [1.29, 1.82) is 0 Å². The first kappa shape index (κ1) is 20.9. The number of furan rings is 1. The van der Waals surface area contributed by atoms with E-state index in [1.54, 1.807) is 13.4 Å². The lowest BCUT2D eigenvalue weighted by Gasteiger charge is -2.29. The quantitative estimate of drug-likeness (QED) is 0.505. The van der Waals surface area contributed by atoms with Gasteiger partial charge in [-0.25, -0.2) is 0 Å². The molecular formula is C20H30N4O3S. The molecule has 0 aliphatic heterocycles. The van der Waals surface area contributed by atoms with Crippen LogP contribution in [0.1, 0.15) is 44.8 Å². The second kappa shape index (κ2) is 10.1. The molecular weight excluding hydrogens is 376 g/mol. The number of amides is 1. The lowest BCUT2D eigenvalue weighted by atomic mass is 9.86. The molecule has 1 N–H and O–H groups in total. The van der Waals surface area contributed by atoms with Gasteiger partial charge in [0, 0.05) is 26.3 Å². The van der Waals surface area contributed by atoms with Crippen molar-refractivity contribution in [2.24, 2.45) is 5.92 Å². The summed E-state index contributed by atoms with van der Waals surface area (Å²) in [5, 5.41) is 12.7. The molecule has 2 aromatic heterocycles. The number of ether oxygens (including phenoxy) is 1. The summed E-state index contributed by atoms with van der Waals surface area (Å²) >= 11 is 1.43. The third kappa shape index (κ3) is 5.17. The molecule has 0 saturated heterocycles. The molecule has 1 aliphatic carbocycles. The number of hydrogen-bond acceptors (Lipinski definition) is 6. The van der Waals surface area contributed by atoms with Crippen molar-refractivity contribution in [3.05, 3.63) is 18.1 Å².